The van der Waals surface area contributed by atoms with Gasteiger partial charge in [-0.2, -0.15) is 10.1 Å². The van der Waals surface area contributed by atoms with Crippen LogP contribution >= 0.6 is 11.8 Å². The fraction of sp³-hybridized carbons (Fsp3) is 0.557. The van der Waals surface area contributed by atoms with E-state index in [-0.39, 0.29) is 81.3 Å². The maximum Gasteiger partial charge on any atom is 0.351 e. The monoisotopic (exact) mass is 1240 g/mol. The molecule has 2 aromatic carbocycles. The fourth-order valence-corrected chi connectivity index (χ4v) is 12.5. The minimum absolute atomic E-state index is 0.0438. The number of aromatic hydroxyl groups is 3. The largest absolute Gasteiger partial charge is 0.507 e. The van der Waals surface area contributed by atoms with Crippen molar-refractivity contribution in [3.8, 4) is 23.0 Å². The van der Waals surface area contributed by atoms with Crippen LogP contribution in [-0.2, 0) is 51.0 Å². The molecule has 5 bridgehead atoms. The number of nitrogens with two attached hydrogens (primary N) is 1. The van der Waals surface area contributed by atoms with Crippen LogP contribution in [0.1, 0.15) is 121 Å². The number of phenolic OH excluding ortho intramolecular Hbond substituents is 3. The first-order valence-corrected chi connectivity index (χ1v) is 30.6. The molecule has 8 N–H and O–H groups in total. The molecular formula is C61H81FN10O15S. The number of ketones is 1. The Morgan fingerprint density at radius 1 is 0.989 bits per heavy atom. The predicted octanol–water partition coefficient (Wildman–Crippen LogP) is 6.53. The molecule has 11 atom stereocenters. The van der Waals surface area contributed by atoms with E-state index in [4.69, 9.17) is 39.3 Å². The number of anilines is 2. The first-order chi connectivity index (χ1) is 41.8. The number of hydrogen-bond acceptors (Lipinski definition) is 23. The van der Waals surface area contributed by atoms with Crippen molar-refractivity contribution in [1.82, 2.24) is 34.9 Å². The molecule has 25 nitrogen and oxygen atoms in total. The number of methoxy groups -OCH3 is 1. The molecule has 5 aliphatic rings. The number of rotatable bonds is 16. The van der Waals surface area contributed by atoms with Gasteiger partial charge in [0.25, 0.3) is 11.7 Å². The average molecular weight is 1250 g/mol. The zero-order valence-electron chi connectivity index (χ0n) is 51.2. The maximum absolute atomic E-state index is 14.7. The smallest absolute Gasteiger partial charge is 0.351 e. The van der Waals surface area contributed by atoms with Crippen LogP contribution in [0.2, 0.25) is 0 Å². The lowest BCUT2D eigenvalue weighted by Crippen LogP contribution is -2.45. The molecule has 7 heterocycles. The molecule has 4 aromatic rings. The molecule has 5 aliphatic heterocycles. The zero-order chi connectivity index (χ0) is 63.9. The van der Waals surface area contributed by atoms with E-state index in [1.807, 2.05) is 40.7 Å². The first-order valence-electron chi connectivity index (χ1n) is 29.6. The zero-order valence-corrected chi connectivity index (χ0v) is 52.0. The van der Waals surface area contributed by atoms with Gasteiger partial charge in [-0.1, -0.05) is 64.5 Å². The van der Waals surface area contributed by atoms with Gasteiger partial charge in [-0.15, -0.1) is 16.9 Å². The van der Waals surface area contributed by atoms with Crippen molar-refractivity contribution in [3.05, 3.63) is 87.2 Å². The molecule has 0 saturated carbocycles. The Bertz CT molecular complexity index is 3420. The lowest BCUT2D eigenvalue weighted by molar-refractivity contribution is -0.160. The summed E-state index contributed by atoms with van der Waals surface area (Å²) in [5.41, 5.74) is 4.16. The number of aliphatic hydroxyl groups excluding tert-OH is 1. The van der Waals surface area contributed by atoms with Crippen molar-refractivity contribution in [2.24, 2.45) is 34.7 Å². The summed E-state index contributed by atoms with van der Waals surface area (Å²) in [4.78, 5) is 69.6. The topological polar surface area (TPSA) is 336 Å². The number of hydrazone groups is 1. The lowest BCUT2D eigenvalue weighted by atomic mass is 9.75. The highest BCUT2D eigenvalue weighted by Gasteiger charge is 2.50. The summed E-state index contributed by atoms with van der Waals surface area (Å²) in [6.07, 6.45) is 12.6. The Morgan fingerprint density at radius 3 is 2.44 bits per heavy atom. The van der Waals surface area contributed by atoms with Gasteiger partial charge in [-0.3, -0.25) is 33.4 Å². The molecule has 2 fully saturated rings. The highest BCUT2D eigenvalue weighted by atomic mass is 32.2. The quantitative estimate of drug-likeness (QED) is 0.0206. The minimum atomic E-state index is -2.07. The second kappa shape index (κ2) is 28.7. The van der Waals surface area contributed by atoms with Crippen LogP contribution in [0.4, 0.5) is 15.9 Å². The number of hydrogen-bond donors (Lipinski definition) is 7. The van der Waals surface area contributed by atoms with Gasteiger partial charge in [0.15, 0.2) is 17.4 Å². The van der Waals surface area contributed by atoms with Crippen LogP contribution in [0.5, 0.6) is 23.0 Å². The number of nitrogens with zero attached hydrogens (tertiary/aromatic N) is 7. The molecule has 0 aliphatic carbocycles. The van der Waals surface area contributed by atoms with E-state index < -0.39 is 106 Å². The summed E-state index contributed by atoms with van der Waals surface area (Å²) in [5, 5.41) is 68.8. The standard InChI is InChI=1S/C61H81FN10O15S/c1-31-15-14-16-32(2)59(80)66-50-41(26-65-70-22-17-39(18-23-70)64-20-12-11-13-21-71-27-40(68-69-71)25-45(74)83-29-46-86-44(30-88-46)72-28-42(62)58(63)67-60(72)81)53(77)47-48(54(50)78)52(76)37(7)56-49(47)57(79)61(9,87-56)84-24-19-43(82-10)35(5)55(85-38(8)73)36(6)51(75)34(4)33(31)3/h14-16,19,24,26-28,31,33-36,39,43-44,46,51,55,64,75-78H,11-13,17-18,20-23,25,29-30H2,1-10H3,(H,66,80)(H2,63,67,81)/b15-14+,24-19+,32-16-,65-26+/t31-,33-,34+,35+,36+,43-,44?,46?,51+,55+,61-/m0/s1. The van der Waals surface area contributed by atoms with Crippen molar-refractivity contribution in [3.63, 3.8) is 0 Å². The summed E-state index contributed by atoms with van der Waals surface area (Å²) in [6.45, 7) is 17.6. The van der Waals surface area contributed by atoms with Crippen LogP contribution in [0.25, 0.3) is 10.8 Å². The summed E-state index contributed by atoms with van der Waals surface area (Å²) < 4.78 is 51.8. The highest BCUT2D eigenvalue weighted by molar-refractivity contribution is 8.00. The molecule has 9 rings (SSSR count). The van der Waals surface area contributed by atoms with Gasteiger partial charge in [0, 0.05) is 86.9 Å². The number of thioether (sulfide) groups is 1. The maximum atomic E-state index is 14.7. The lowest BCUT2D eigenvalue weighted by Gasteiger charge is -2.38. The van der Waals surface area contributed by atoms with E-state index in [0.29, 0.717) is 31.1 Å². The minimum Gasteiger partial charge on any atom is -0.507 e. The number of halogens is 1. The van der Waals surface area contributed by atoms with E-state index in [9.17, 15) is 48.8 Å². The van der Waals surface area contributed by atoms with Crippen LogP contribution in [0.15, 0.2) is 58.4 Å². The van der Waals surface area contributed by atoms with Crippen LogP contribution in [0.3, 0.4) is 0 Å². The highest BCUT2D eigenvalue weighted by Crippen LogP contribution is 2.55. The summed E-state index contributed by atoms with van der Waals surface area (Å²) in [7, 11) is 1.47. The number of carbonyl (C=O) groups is 4. The van der Waals surface area contributed by atoms with Crippen molar-refractivity contribution < 1.29 is 72.4 Å². The normalized spacial score (nSPS) is 27.9. The Labute approximate surface area is 513 Å². The number of piperidine rings is 1. The third-order valence-electron chi connectivity index (χ3n) is 17.2. The first kappa shape index (κ1) is 66.4. The number of nitrogen functional groups attached to an aromatic ring is 1. The molecular weight excluding hydrogens is 1160 g/mol. The van der Waals surface area contributed by atoms with Crippen molar-refractivity contribution >= 4 is 63.9 Å². The number of ether oxygens (including phenoxy) is 6. The number of phenols is 3. The average Bonchev–Trinajstić information content (AvgIpc) is 1.49. The summed E-state index contributed by atoms with van der Waals surface area (Å²) in [5.74, 6) is -9.01. The van der Waals surface area contributed by atoms with E-state index in [2.05, 4.69) is 25.9 Å². The van der Waals surface area contributed by atoms with Gasteiger partial charge in [0.1, 0.15) is 41.6 Å². The molecule has 2 aromatic heterocycles. The number of nitrogens with one attached hydrogen (secondary N) is 2. The second-order valence-corrected chi connectivity index (χ2v) is 24.5. The number of Topliss-reactive ketones (excluding diaryl/α,β-unsaturated/α-hetero) is 1. The number of amides is 1. The van der Waals surface area contributed by atoms with Crippen LogP contribution in [-0.4, -0.2) is 155 Å². The molecule has 0 spiro atoms. The molecule has 1 amide bonds. The third kappa shape index (κ3) is 14.9. The summed E-state index contributed by atoms with van der Waals surface area (Å²) in [6, 6.07) is 0.186. The summed E-state index contributed by atoms with van der Waals surface area (Å²) >= 11 is 1.31. The van der Waals surface area contributed by atoms with Gasteiger partial charge in [-0.05, 0) is 69.9 Å². The van der Waals surface area contributed by atoms with Gasteiger partial charge < -0.3 is 65.2 Å². The Morgan fingerprint density at radius 2 is 1.73 bits per heavy atom. The number of esters is 2. The number of unbranched alkanes of at least 4 members (excludes halogenated alkanes) is 2. The predicted molar refractivity (Wildman–Crippen MR) is 325 cm³/mol. The van der Waals surface area contributed by atoms with Crippen molar-refractivity contribution in [2.45, 2.75) is 149 Å². The number of aryl methyl sites for hydroxylation is 1. The number of carbonyl (C=O) groups excluding carboxylic acids is 4. The van der Waals surface area contributed by atoms with E-state index in [1.54, 1.807) is 35.0 Å². The van der Waals surface area contributed by atoms with Crippen molar-refractivity contribution in [1.29, 1.82) is 0 Å². The number of benzene rings is 2. The van der Waals surface area contributed by atoms with Gasteiger partial charge in [-0.25, -0.2) is 9.18 Å². The number of allylic oxidation sites excluding steroid dienone is 3. The van der Waals surface area contributed by atoms with Gasteiger partial charge in [0.05, 0.1) is 65.2 Å². The molecule has 2 unspecified atom stereocenters. The molecule has 0 radical (unpaired) electrons. The van der Waals surface area contributed by atoms with Crippen LogP contribution in [0, 0.1) is 42.3 Å². The second-order valence-electron chi connectivity index (χ2n) is 23.3. The molecule has 478 valence electrons. The molecule has 2 saturated heterocycles. The Kier molecular flexibility index (Phi) is 21.6. The van der Waals surface area contributed by atoms with E-state index >= 15 is 0 Å². The van der Waals surface area contributed by atoms with Crippen LogP contribution < -0.4 is 26.8 Å². The van der Waals surface area contributed by atoms with Gasteiger partial charge >= 0.3 is 23.4 Å². The van der Waals surface area contributed by atoms with E-state index in [0.717, 1.165) is 49.4 Å². The number of aromatic nitrogens is 5. The van der Waals surface area contributed by atoms with Gasteiger partial charge in [0.2, 0.25) is 0 Å². The SMILES string of the molecule is CO[C@H]1/C=C/O[C@@]2(C)Oc3c(C)c(O)c4c(O)c(c(/C=N/N5CCC(NCCCCCn6cc(CC(=O)OCC7OC(n8cc(F)c(N)nc8=O)CS7)nn6)CC5)c(O)c4c3C2=O)NC(=O)/C(C)=C\C=C\[C@H](C)[C@H](C)[C@@H](C)[C@@H](O)[C@@H](C)[C@H](OC(C)=O)[C@@H]1C. The fourth-order valence-electron chi connectivity index (χ4n) is 11.5. The Hall–Kier alpha value is -7.59. The number of aliphatic hydroxyl groups is 1. The molecule has 88 heavy (non-hydrogen) atoms. The number of fused-ring (bicyclic) bond motifs is 14. The van der Waals surface area contributed by atoms with E-state index in [1.165, 1.54) is 58.2 Å². The third-order valence-corrected chi connectivity index (χ3v) is 18.3. The van der Waals surface area contributed by atoms with Crippen molar-refractivity contribution in [2.75, 3.05) is 50.2 Å². The Balaban J connectivity index is 0.910. The molecule has 27 heteroatoms.